The van der Waals surface area contributed by atoms with Gasteiger partial charge >= 0.3 is 16.4 Å². The summed E-state index contributed by atoms with van der Waals surface area (Å²) in [4.78, 5) is 15.5. The minimum atomic E-state index is -4.37. The molecule has 127 valence electrons. The fraction of sp³-hybridized carbons (Fsp3) is 0.929. The van der Waals surface area contributed by atoms with Gasteiger partial charge in [-0.25, -0.2) is 4.89 Å². The molecule has 0 bridgehead atoms. The summed E-state index contributed by atoms with van der Waals surface area (Å²) in [6.07, 6.45) is 10.1. The first-order chi connectivity index (χ1) is 10.0. The first-order valence-corrected chi connectivity index (χ1v) is 9.13. The van der Waals surface area contributed by atoms with Crippen LogP contribution in [0.3, 0.4) is 0 Å². The summed E-state index contributed by atoms with van der Waals surface area (Å²) in [5.41, 5.74) is 0. The normalized spacial score (nSPS) is 11.0. The van der Waals surface area contributed by atoms with Gasteiger partial charge in [0.2, 0.25) is 0 Å². The molecule has 22 heavy (non-hydrogen) atoms. The zero-order valence-corrected chi connectivity index (χ0v) is 17.0. The third-order valence-corrected chi connectivity index (χ3v) is 3.58. The van der Waals surface area contributed by atoms with Gasteiger partial charge in [-0.3, -0.25) is 4.79 Å². The molecule has 0 heterocycles. The maximum absolute atomic E-state index is 11.3. The summed E-state index contributed by atoms with van der Waals surface area (Å²) in [6, 6.07) is 0. The monoisotopic (exact) mass is 347 g/mol. The van der Waals surface area contributed by atoms with Crippen molar-refractivity contribution in [3.8, 4) is 0 Å². The standard InChI is InChI=1S/C14H28O6S.Na/c1-3-5-6-7-8-9-10-11-12-13-14(15)19-21(16,17)20-18-4-2;/h3-13H2,1-2H3;. The Morgan fingerprint density at radius 2 is 1.36 bits per heavy atom. The summed E-state index contributed by atoms with van der Waals surface area (Å²) in [6.45, 7) is 3.80. The fourth-order valence-corrected chi connectivity index (χ4v) is 2.41. The van der Waals surface area contributed by atoms with Crippen molar-refractivity contribution < 1.29 is 26.6 Å². The Morgan fingerprint density at radius 1 is 0.864 bits per heavy atom. The van der Waals surface area contributed by atoms with Crippen LogP contribution >= 0.6 is 0 Å². The maximum Gasteiger partial charge on any atom is 0.479 e. The van der Waals surface area contributed by atoms with Gasteiger partial charge in [-0.2, -0.15) is 8.42 Å². The second kappa shape index (κ2) is 16.2. The van der Waals surface area contributed by atoms with Crippen LogP contribution in [-0.2, 0) is 28.6 Å². The molecule has 6 nitrogen and oxygen atoms in total. The van der Waals surface area contributed by atoms with E-state index >= 15 is 0 Å². The van der Waals surface area contributed by atoms with Crippen molar-refractivity contribution in [1.29, 1.82) is 0 Å². The molecule has 0 amide bonds. The molecule has 1 radical (unpaired) electrons. The van der Waals surface area contributed by atoms with Crippen molar-refractivity contribution in [1.82, 2.24) is 0 Å². The van der Waals surface area contributed by atoms with E-state index in [2.05, 4.69) is 20.3 Å². The number of carbonyl (C=O) groups excluding carboxylic acids is 1. The molecule has 0 atom stereocenters. The van der Waals surface area contributed by atoms with Gasteiger partial charge in [-0.15, -0.1) is 0 Å². The molecule has 0 unspecified atom stereocenters. The SMILES string of the molecule is CCCCCCCCCCCC(=O)OS(=O)(=O)OOCC.[Na]. The number of rotatable bonds is 14. The molecule has 0 aliphatic heterocycles. The Morgan fingerprint density at radius 3 is 1.86 bits per heavy atom. The molecule has 0 aliphatic rings. The molecule has 8 heteroatoms. The second-order valence-corrected chi connectivity index (χ2v) is 6.04. The van der Waals surface area contributed by atoms with Gasteiger partial charge in [0.25, 0.3) is 0 Å². The summed E-state index contributed by atoms with van der Waals surface area (Å²) in [7, 11) is -4.37. The van der Waals surface area contributed by atoms with Gasteiger partial charge in [-0.1, -0.05) is 62.6 Å². The van der Waals surface area contributed by atoms with E-state index in [1.165, 1.54) is 32.1 Å². The Balaban J connectivity index is 0. The van der Waals surface area contributed by atoms with Crippen LogP contribution in [0.25, 0.3) is 0 Å². The van der Waals surface area contributed by atoms with Crippen LogP contribution in [0.15, 0.2) is 0 Å². The molecule has 0 fully saturated rings. The summed E-state index contributed by atoms with van der Waals surface area (Å²) >= 11 is 0. The minimum Gasteiger partial charge on any atom is -0.323 e. The Bertz CT molecular complexity index is 358. The molecule has 0 aromatic heterocycles. The molecular weight excluding hydrogens is 319 g/mol. The van der Waals surface area contributed by atoms with Crippen LogP contribution < -0.4 is 0 Å². The zero-order chi connectivity index (χ0) is 16.0. The molecule has 0 aliphatic carbocycles. The van der Waals surface area contributed by atoms with Gasteiger partial charge < -0.3 is 4.18 Å². The molecule has 0 spiro atoms. The van der Waals surface area contributed by atoms with Crippen molar-refractivity contribution in [3.63, 3.8) is 0 Å². The average molecular weight is 347 g/mol. The third-order valence-electron chi connectivity index (χ3n) is 2.93. The summed E-state index contributed by atoms with van der Waals surface area (Å²) in [5.74, 6) is -0.808. The van der Waals surface area contributed by atoms with E-state index in [4.69, 9.17) is 0 Å². The van der Waals surface area contributed by atoms with E-state index in [0.717, 1.165) is 19.3 Å². The zero-order valence-electron chi connectivity index (χ0n) is 14.1. The number of carbonyl (C=O) groups is 1. The number of unbranched alkanes of at least 4 members (excludes halogenated alkanes) is 8. The maximum atomic E-state index is 11.3. The van der Waals surface area contributed by atoms with E-state index in [0.29, 0.717) is 6.42 Å². The van der Waals surface area contributed by atoms with Crippen LogP contribution in [0, 0.1) is 0 Å². The topological polar surface area (TPSA) is 78.9 Å². The van der Waals surface area contributed by atoms with E-state index in [1.807, 2.05) is 0 Å². The van der Waals surface area contributed by atoms with Gasteiger partial charge in [0.15, 0.2) is 0 Å². The van der Waals surface area contributed by atoms with Crippen LogP contribution in [-0.4, -0.2) is 50.6 Å². The Labute approximate surface area is 156 Å². The first-order valence-electron chi connectivity index (χ1n) is 7.80. The van der Waals surface area contributed by atoms with Crippen LogP contribution in [0.5, 0.6) is 0 Å². The van der Waals surface area contributed by atoms with E-state index in [1.54, 1.807) is 6.92 Å². The van der Waals surface area contributed by atoms with E-state index in [-0.39, 0.29) is 42.6 Å². The van der Waals surface area contributed by atoms with Crippen molar-refractivity contribution in [2.75, 3.05) is 6.61 Å². The van der Waals surface area contributed by atoms with Crippen LogP contribution in [0.4, 0.5) is 0 Å². The van der Waals surface area contributed by atoms with Gasteiger partial charge in [0.1, 0.15) is 0 Å². The first kappa shape index (κ1) is 24.6. The van der Waals surface area contributed by atoms with Crippen molar-refractivity contribution >= 4 is 45.9 Å². The summed E-state index contributed by atoms with van der Waals surface area (Å²) < 4.78 is 30.3. The van der Waals surface area contributed by atoms with Crippen molar-refractivity contribution in [3.05, 3.63) is 0 Å². The summed E-state index contributed by atoms with van der Waals surface area (Å²) in [5, 5.41) is 0. The largest absolute Gasteiger partial charge is 0.479 e. The molecule has 0 N–H and O–H groups in total. The third kappa shape index (κ3) is 16.7. The predicted octanol–water partition coefficient (Wildman–Crippen LogP) is 3.28. The molecule has 0 aromatic rings. The predicted molar refractivity (Wildman–Crippen MR) is 85.3 cm³/mol. The number of hydrogen-bond donors (Lipinski definition) is 0. The molecule has 0 saturated heterocycles. The molecular formula is C14H28NaO6S. The Hall–Kier alpha value is 0.340. The van der Waals surface area contributed by atoms with Gasteiger partial charge in [0, 0.05) is 36.0 Å². The molecule has 0 aromatic carbocycles. The van der Waals surface area contributed by atoms with E-state index < -0.39 is 16.4 Å². The number of hydrogen-bond acceptors (Lipinski definition) is 6. The molecule has 0 saturated carbocycles. The van der Waals surface area contributed by atoms with Gasteiger partial charge in [0.05, 0.1) is 6.61 Å². The fourth-order valence-electron chi connectivity index (χ4n) is 1.86. The second-order valence-electron chi connectivity index (χ2n) is 4.92. The van der Waals surface area contributed by atoms with Crippen molar-refractivity contribution in [2.24, 2.45) is 0 Å². The smallest absolute Gasteiger partial charge is 0.323 e. The van der Waals surface area contributed by atoms with Crippen LogP contribution in [0.1, 0.15) is 78.1 Å². The van der Waals surface area contributed by atoms with Crippen LogP contribution in [0.2, 0.25) is 0 Å². The minimum absolute atomic E-state index is 0. The van der Waals surface area contributed by atoms with Gasteiger partial charge in [-0.05, 0) is 13.3 Å². The molecule has 0 rings (SSSR count). The quantitative estimate of drug-likeness (QED) is 0.208. The average Bonchev–Trinajstić information content (AvgIpc) is 2.43. The van der Waals surface area contributed by atoms with Crippen molar-refractivity contribution in [2.45, 2.75) is 78.1 Å². The van der Waals surface area contributed by atoms with E-state index in [9.17, 15) is 13.2 Å². The Kier molecular flexibility index (Phi) is 18.1.